The van der Waals surface area contributed by atoms with E-state index >= 15 is 0 Å². The Kier molecular flexibility index (Phi) is 4.60. The maximum atomic E-state index is 12.0. The Bertz CT molecular complexity index is 621. The molecule has 0 aliphatic rings. The molecule has 0 saturated carbocycles. The summed E-state index contributed by atoms with van der Waals surface area (Å²) < 4.78 is 2.86. The predicted molar refractivity (Wildman–Crippen MR) is 83.8 cm³/mol. The molecule has 106 valence electrons. The maximum Gasteiger partial charge on any atom is 0.226 e. The van der Waals surface area contributed by atoms with Crippen LogP contribution < -0.4 is 5.32 Å². The SMILES string of the molecule is Cc1ccn(C(C)CC(=O)Nc2ccc(Br)c(C)c2)n1. The zero-order valence-electron chi connectivity index (χ0n) is 11.9. The minimum Gasteiger partial charge on any atom is -0.326 e. The molecule has 5 heteroatoms. The van der Waals surface area contributed by atoms with Crippen LogP contribution >= 0.6 is 15.9 Å². The van der Waals surface area contributed by atoms with Crippen molar-refractivity contribution in [2.45, 2.75) is 33.2 Å². The smallest absolute Gasteiger partial charge is 0.226 e. The lowest BCUT2D eigenvalue weighted by molar-refractivity contribution is -0.116. The van der Waals surface area contributed by atoms with E-state index in [9.17, 15) is 4.79 Å². The molecular formula is C15H18BrN3O. The van der Waals surface area contributed by atoms with Crippen LogP contribution in [0.15, 0.2) is 34.9 Å². The molecule has 1 aromatic heterocycles. The molecule has 0 saturated heterocycles. The molecule has 1 N–H and O–H groups in total. The molecule has 0 fully saturated rings. The van der Waals surface area contributed by atoms with Crippen molar-refractivity contribution in [2.24, 2.45) is 0 Å². The average molecular weight is 336 g/mol. The third-order valence-electron chi connectivity index (χ3n) is 3.12. The Labute approximate surface area is 127 Å². The summed E-state index contributed by atoms with van der Waals surface area (Å²) in [5, 5.41) is 7.24. The first-order valence-electron chi connectivity index (χ1n) is 6.53. The van der Waals surface area contributed by atoms with E-state index in [1.165, 1.54) is 0 Å². The maximum absolute atomic E-state index is 12.0. The molecule has 0 aliphatic carbocycles. The number of aryl methyl sites for hydroxylation is 2. The molecule has 20 heavy (non-hydrogen) atoms. The second-order valence-corrected chi connectivity index (χ2v) is 5.86. The monoisotopic (exact) mass is 335 g/mol. The summed E-state index contributed by atoms with van der Waals surface area (Å²) in [6.07, 6.45) is 2.30. The van der Waals surface area contributed by atoms with Gasteiger partial charge in [0.2, 0.25) is 5.91 Å². The van der Waals surface area contributed by atoms with Crippen molar-refractivity contribution >= 4 is 27.5 Å². The molecule has 1 amide bonds. The lowest BCUT2D eigenvalue weighted by atomic mass is 10.2. The van der Waals surface area contributed by atoms with Crippen LogP contribution in [0.1, 0.15) is 30.6 Å². The van der Waals surface area contributed by atoms with Gasteiger partial charge in [0.1, 0.15) is 0 Å². The number of nitrogens with zero attached hydrogens (tertiary/aromatic N) is 2. The number of rotatable bonds is 4. The van der Waals surface area contributed by atoms with Gasteiger partial charge in [0.15, 0.2) is 0 Å². The van der Waals surface area contributed by atoms with Crippen molar-refractivity contribution < 1.29 is 4.79 Å². The van der Waals surface area contributed by atoms with Gasteiger partial charge < -0.3 is 5.32 Å². The summed E-state index contributed by atoms with van der Waals surface area (Å²) in [6.45, 7) is 5.92. The number of hydrogen-bond donors (Lipinski definition) is 1. The predicted octanol–water partition coefficient (Wildman–Crippen LogP) is 3.85. The molecule has 4 nitrogen and oxygen atoms in total. The fraction of sp³-hybridized carbons (Fsp3) is 0.333. The number of carbonyl (C=O) groups is 1. The summed E-state index contributed by atoms with van der Waals surface area (Å²) >= 11 is 3.44. The van der Waals surface area contributed by atoms with Crippen LogP contribution in [0.5, 0.6) is 0 Å². The zero-order chi connectivity index (χ0) is 14.7. The molecule has 0 spiro atoms. The Morgan fingerprint density at radius 3 is 2.75 bits per heavy atom. The largest absolute Gasteiger partial charge is 0.326 e. The van der Waals surface area contributed by atoms with Gasteiger partial charge in [-0.25, -0.2) is 0 Å². The van der Waals surface area contributed by atoms with Crippen molar-refractivity contribution in [3.8, 4) is 0 Å². The van der Waals surface area contributed by atoms with Gasteiger partial charge in [-0.2, -0.15) is 5.10 Å². The van der Waals surface area contributed by atoms with Gasteiger partial charge in [0, 0.05) is 22.8 Å². The highest BCUT2D eigenvalue weighted by molar-refractivity contribution is 9.10. The summed E-state index contributed by atoms with van der Waals surface area (Å²) in [4.78, 5) is 12.0. The quantitative estimate of drug-likeness (QED) is 0.922. The minimum absolute atomic E-state index is 0.00706. The molecular weight excluding hydrogens is 318 g/mol. The highest BCUT2D eigenvalue weighted by Gasteiger charge is 2.12. The van der Waals surface area contributed by atoms with E-state index in [0.717, 1.165) is 21.4 Å². The van der Waals surface area contributed by atoms with Gasteiger partial charge in [-0.15, -0.1) is 0 Å². The Balaban J connectivity index is 1.96. The number of halogens is 1. The summed E-state index contributed by atoms with van der Waals surface area (Å²) in [5.41, 5.74) is 2.87. The van der Waals surface area contributed by atoms with Crippen LogP contribution in [0.25, 0.3) is 0 Å². The minimum atomic E-state index is -0.00706. The zero-order valence-corrected chi connectivity index (χ0v) is 13.4. The molecule has 1 aromatic carbocycles. The lowest BCUT2D eigenvalue weighted by Crippen LogP contribution is -2.18. The van der Waals surface area contributed by atoms with Gasteiger partial charge >= 0.3 is 0 Å². The number of anilines is 1. The lowest BCUT2D eigenvalue weighted by Gasteiger charge is -2.13. The first kappa shape index (κ1) is 14.8. The molecule has 1 heterocycles. The van der Waals surface area contributed by atoms with Gasteiger partial charge in [-0.3, -0.25) is 9.48 Å². The van der Waals surface area contributed by atoms with Crippen LogP contribution in [-0.2, 0) is 4.79 Å². The fourth-order valence-corrected chi connectivity index (χ4v) is 2.22. The summed E-state index contributed by atoms with van der Waals surface area (Å²) in [5.74, 6) is -0.00706. The highest BCUT2D eigenvalue weighted by Crippen LogP contribution is 2.20. The van der Waals surface area contributed by atoms with Crippen LogP contribution in [0, 0.1) is 13.8 Å². The third kappa shape index (κ3) is 3.70. The number of nitrogens with one attached hydrogen (secondary N) is 1. The molecule has 1 atom stereocenters. The molecule has 0 aliphatic heterocycles. The van der Waals surface area contributed by atoms with Crippen molar-refractivity contribution in [2.75, 3.05) is 5.32 Å². The molecule has 2 aromatic rings. The third-order valence-corrected chi connectivity index (χ3v) is 4.01. The number of aromatic nitrogens is 2. The normalized spacial score (nSPS) is 12.2. The molecule has 0 bridgehead atoms. The highest BCUT2D eigenvalue weighted by atomic mass is 79.9. The van der Waals surface area contributed by atoms with E-state index in [-0.39, 0.29) is 11.9 Å². The standard InChI is InChI=1S/C15H18BrN3O/c1-10-8-13(4-5-14(10)16)17-15(20)9-12(3)19-7-6-11(2)18-19/h4-8,12H,9H2,1-3H3,(H,17,20). The van der Waals surface area contributed by atoms with Gasteiger partial charge in [-0.05, 0) is 50.6 Å². The number of benzene rings is 1. The van der Waals surface area contributed by atoms with E-state index < -0.39 is 0 Å². The van der Waals surface area contributed by atoms with Crippen LogP contribution in [0.3, 0.4) is 0 Å². The topological polar surface area (TPSA) is 46.9 Å². The van der Waals surface area contributed by atoms with E-state index in [1.54, 1.807) is 0 Å². The van der Waals surface area contributed by atoms with Crippen LogP contribution in [0.2, 0.25) is 0 Å². The Morgan fingerprint density at radius 2 is 2.15 bits per heavy atom. The number of carbonyl (C=O) groups excluding carboxylic acids is 1. The van der Waals surface area contributed by atoms with E-state index in [0.29, 0.717) is 6.42 Å². The second kappa shape index (κ2) is 6.22. The van der Waals surface area contributed by atoms with Crippen molar-refractivity contribution in [3.63, 3.8) is 0 Å². The Hall–Kier alpha value is -1.62. The van der Waals surface area contributed by atoms with E-state index in [4.69, 9.17) is 0 Å². The van der Waals surface area contributed by atoms with Gasteiger partial charge in [0.05, 0.1) is 11.7 Å². The van der Waals surface area contributed by atoms with Crippen LogP contribution in [-0.4, -0.2) is 15.7 Å². The summed E-state index contributed by atoms with van der Waals surface area (Å²) in [6, 6.07) is 7.75. The second-order valence-electron chi connectivity index (χ2n) is 5.00. The number of amides is 1. The van der Waals surface area contributed by atoms with E-state index in [1.807, 2.05) is 55.9 Å². The van der Waals surface area contributed by atoms with Crippen molar-refractivity contribution in [3.05, 3.63) is 46.2 Å². The van der Waals surface area contributed by atoms with Crippen molar-refractivity contribution in [1.29, 1.82) is 0 Å². The first-order valence-corrected chi connectivity index (χ1v) is 7.33. The average Bonchev–Trinajstić information content (AvgIpc) is 2.80. The van der Waals surface area contributed by atoms with Gasteiger partial charge in [0.25, 0.3) is 0 Å². The number of hydrogen-bond acceptors (Lipinski definition) is 2. The van der Waals surface area contributed by atoms with E-state index in [2.05, 4.69) is 26.3 Å². The molecule has 2 rings (SSSR count). The van der Waals surface area contributed by atoms with Crippen molar-refractivity contribution in [1.82, 2.24) is 9.78 Å². The van der Waals surface area contributed by atoms with Gasteiger partial charge in [-0.1, -0.05) is 15.9 Å². The summed E-state index contributed by atoms with van der Waals surface area (Å²) in [7, 11) is 0. The first-order chi connectivity index (χ1) is 9.45. The fourth-order valence-electron chi connectivity index (χ4n) is 1.97. The molecule has 1 unspecified atom stereocenters. The van der Waals surface area contributed by atoms with Crippen LogP contribution in [0.4, 0.5) is 5.69 Å². The molecule has 0 radical (unpaired) electrons. The Morgan fingerprint density at radius 1 is 1.40 bits per heavy atom.